The van der Waals surface area contributed by atoms with Crippen LogP contribution in [0.25, 0.3) is 11.2 Å². The van der Waals surface area contributed by atoms with E-state index in [4.69, 9.17) is 4.74 Å². The third kappa shape index (κ3) is 1.85. The maximum atomic E-state index is 12.2. The molecule has 1 aliphatic rings. The summed E-state index contributed by atoms with van der Waals surface area (Å²) in [6.45, 7) is 0.747. The van der Waals surface area contributed by atoms with E-state index in [-0.39, 0.29) is 6.54 Å². The third-order valence-electron chi connectivity index (χ3n) is 3.44. The van der Waals surface area contributed by atoms with Gasteiger partial charge in [0.1, 0.15) is 5.44 Å². The summed E-state index contributed by atoms with van der Waals surface area (Å²) >= 11 is 0. The highest BCUT2D eigenvalue weighted by Crippen LogP contribution is 2.13. The lowest BCUT2D eigenvalue weighted by atomic mass is 10.5. The second-order valence-corrected chi connectivity index (χ2v) is 6.36. The molecule has 8 nitrogen and oxygen atoms in total. The van der Waals surface area contributed by atoms with Crippen LogP contribution in [0, 0.1) is 0 Å². The smallest absolute Gasteiger partial charge is 0.332 e. The highest BCUT2D eigenvalue weighted by molar-refractivity contribution is 7.85. The fourth-order valence-electron chi connectivity index (χ4n) is 2.30. The first-order chi connectivity index (χ1) is 9.50. The van der Waals surface area contributed by atoms with Gasteiger partial charge in [0.15, 0.2) is 11.2 Å². The van der Waals surface area contributed by atoms with Crippen LogP contribution < -0.4 is 11.2 Å². The number of fused-ring (bicyclic) bond motifs is 1. The first-order valence-corrected chi connectivity index (χ1v) is 7.48. The minimum absolute atomic E-state index is 0.288. The zero-order valence-electron chi connectivity index (χ0n) is 11.1. The molecule has 0 aromatic carbocycles. The average Bonchev–Trinajstić information content (AvgIpc) is 3.02. The third-order valence-corrected chi connectivity index (χ3v) is 4.89. The Hall–Kier alpha value is -1.74. The molecular formula is C11H14N4O4S. The minimum Gasteiger partial charge on any atom is -0.362 e. The molecule has 20 heavy (non-hydrogen) atoms. The van der Waals surface area contributed by atoms with E-state index >= 15 is 0 Å². The van der Waals surface area contributed by atoms with Crippen LogP contribution in [0.5, 0.6) is 0 Å². The van der Waals surface area contributed by atoms with Gasteiger partial charge in [-0.25, -0.2) is 9.78 Å². The topological polar surface area (TPSA) is 88.1 Å². The highest BCUT2D eigenvalue weighted by atomic mass is 32.2. The Labute approximate surface area is 116 Å². The van der Waals surface area contributed by atoms with Crippen LogP contribution in [-0.4, -0.2) is 40.7 Å². The molecule has 2 unspecified atom stereocenters. The lowest BCUT2D eigenvalue weighted by Gasteiger charge is -2.10. The standard InChI is InChI=1S/C11H14N4O4S/c1-13-9-8(10(16)14(2)11(13)17)15(6-12-9)5-7-19-3-4-20(7)18/h6-7H,3-5H2,1-2H3. The molecule has 0 spiro atoms. The second kappa shape index (κ2) is 4.67. The summed E-state index contributed by atoms with van der Waals surface area (Å²) in [5.74, 6) is 0.508. The minimum atomic E-state index is -1.06. The van der Waals surface area contributed by atoms with Crippen LogP contribution in [0.4, 0.5) is 0 Å². The summed E-state index contributed by atoms with van der Waals surface area (Å²) < 4.78 is 21.1. The molecule has 1 fully saturated rings. The van der Waals surface area contributed by atoms with E-state index in [2.05, 4.69) is 4.98 Å². The molecule has 3 rings (SSSR count). The quantitative estimate of drug-likeness (QED) is 0.676. The number of aromatic nitrogens is 4. The summed E-state index contributed by atoms with van der Waals surface area (Å²) in [4.78, 5) is 28.1. The van der Waals surface area contributed by atoms with E-state index in [1.807, 2.05) is 0 Å². The molecule has 2 aromatic rings. The molecule has 0 saturated carbocycles. The van der Waals surface area contributed by atoms with E-state index in [9.17, 15) is 13.8 Å². The van der Waals surface area contributed by atoms with E-state index in [0.717, 1.165) is 4.57 Å². The molecule has 0 radical (unpaired) electrons. The number of rotatable bonds is 2. The van der Waals surface area contributed by atoms with Gasteiger partial charge in [-0.05, 0) is 0 Å². The van der Waals surface area contributed by atoms with Gasteiger partial charge in [0.05, 0.1) is 30.3 Å². The van der Waals surface area contributed by atoms with Crippen molar-refractivity contribution >= 4 is 22.0 Å². The molecule has 2 atom stereocenters. The van der Waals surface area contributed by atoms with Crippen molar-refractivity contribution in [3.05, 3.63) is 27.2 Å². The lowest BCUT2D eigenvalue weighted by molar-refractivity contribution is 0.130. The van der Waals surface area contributed by atoms with Crippen molar-refractivity contribution in [3.8, 4) is 0 Å². The SMILES string of the molecule is Cn1c(=O)c2c(ncn2CC2OCCS2=O)n(C)c1=O. The number of ether oxygens (including phenoxy) is 1. The van der Waals surface area contributed by atoms with Crippen molar-refractivity contribution in [2.45, 2.75) is 12.0 Å². The largest absolute Gasteiger partial charge is 0.362 e. The average molecular weight is 298 g/mol. The van der Waals surface area contributed by atoms with Crippen molar-refractivity contribution < 1.29 is 8.95 Å². The predicted octanol–water partition coefficient (Wildman–Crippen LogP) is -1.46. The molecule has 0 bridgehead atoms. The van der Waals surface area contributed by atoms with Crippen LogP contribution in [0.2, 0.25) is 0 Å². The Bertz CT molecular complexity index is 818. The fraction of sp³-hybridized carbons (Fsp3) is 0.545. The van der Waals surface area contributed by atoms with Gasteiger partial charge >= 0.3 is 5.69 Å². The molecule has 0 N–H and O–H groups in total. The van der Waals surface area contributed by atoms with E-state index in [0.29, 0.717) is 23.5 Å². The zero-order chi connectivity index (χ0) is 14.4. The van der Waals surface area contributed by atoms with E-state index < -0.39 is 27.5 Å². The first-order valence-electron chi connectivity index (χ1n) is 6.10. The van der Waals surface area contributed by atoms with Gasteiger partial charge in [-0.15, -0.1) is 0 Å². The van der Waals surface area contributed by atoms with Gasteiger partial charge in [-0.3, -0.25) is 18.1 Å². The van der Waals surface area contributed by atoms with Crippen molar-refractivity contribution in [2.75, 3.05) is 12.4 Å². The van der Waals surface area contributed by atoms with Gasteiger partial charge in [-0.2, -0.15) is 0 Å². The maximum absolute atomic E-state index is 12.2. The molecule has 2 aromatic heterocycles. The number of imidazole rings is 1. The van der Waals surface area contributed by atoms with Gasteiger partial charge in [0.25, 0.3) is 5.56 Å². The normalized spacial score (nSPS) is 22.7. The first kappa shape index (κ1) is 13.3. The van der Waals surface area contributed by atoms with Gasteiger partial charge in [0, 0.05) is 19.8 Å². The molecule has 3 heterocycles. The van der Waals surface area contributed by atoms with Crippen molar-refractivity contribution in [2.24, 2.45) is 14.1 Å². The molecule has 1 aliphatic heterocycles. The molecule has 0 aliphatic carbocycles. The van der Waals surface area contributed by atoms with Crippen LogP contribution in [0.3, 0.4) is 0 Å². The number of hydrogen-bond acceptors (Lipinski definition) is 5. The van der Waals surface area contributed by atoms with Crippen molar-refractivity contribution in [3.63, 3.8) is 0 Å². The number of nitrogens with zero attached hydrogens (tertiary/aromatic N) is 4. The second-order valence-electron chi connectivity index (χ2n) is 4.66. The Kier molecular flexibility index (Phi) is 3.09. The monoisotopic (exact) mass is 298 g/mol. The van der Waals surface area contributed by atoms with Crippen LogP contribution in [0.1, 0.15) is 0 Å². The molecule has 0 amide bonds. The lowest BCUT2D eigenvalue weighted by Crippen LogP contribution is -2.37. The molecule has 1 saturated heterocycles. The van der Waals surface area contributed by atoms with E-state index in [1.165, 1.54) is 17.9 Å². The fourth-order valence-corrected chi connectivity index (χ4v) is 3.40. The van der Waals surface area contributed by atoms with Gasteiger partial charge in [0.2, 0.25) is 0 Å². The highest BCUT2D eigenvalue weighted by Gasteiger charge is 2.25. The summed E-state index contributed by atoms with van der Waals surface area (Å²) in [7, 11) is 1.93. The van der Waals surface area contributed by atoms with Crippen LogP contribution in [0.15, 0.2) is 15.9 Å². The number of hydrogen-bond donors (Lipinski definition) is 0. The molecule has 9 heteroatoms. The molecule has 108 valence electrons. The van der Waals surface area contributed by atoms with E-state index in [1.54, 1.807) is 11.6 Å². The van der Waals surface area contributed by atoms with Crippen molar-refractivity contribution in [1.29, 1.82) is 0 Å². The van der Waals surface area contributed by atoms with Crippen LogP contribution in [-0.2, 0) is 36.2 Å². The Morgan fingerprint density at radius 2 is 2.15 bits per heavy atom. The van der Waals surface area contributed by atoms with Gasteiger partial charge < -0.3 is 9.30 Å². The zero-order valence-corrected chi connectivity index (χ0v) is 11.9. The summed E-state index contributed by atoms with van der Waals surface area (Å²) in [5, 5.41) is 0. The molecular weight excluding hydrogens is 284 g/mol. The maximum Gasteiger partial charge on any atom is 0.332 e. The Morgan fingerprint density at radius 1 is 1.40 bits per heavy atom. The summed E-state index contributed by atoms with van der Waals surface area (Å²) in [6, 6.07) is 0. The summed E-state index contributed by atoms with van der Waals surface area (Å²) in [5.41, 5.74) is -0.629. The van der Waals surface area contributed by atoms with Crippen molar-refractivity contribution in [1.82, 2.24) is 18.7 Å². The Balaban J connectivity index is 2.16. The van der Waals surface area contributed by atoms with Gasteiger partial charge in [-0.1, -0.05) is 0 Å². The Morgan fingerprint density at radius 3 is 2.80 bits per heavy atom. The number of aryl methyl sites for hydroxylation is 1. The summed E-state index contributed by atoms with van der Waals surface area (Å²) in [6.07, 6.45) is 1.48. The predicted molar refractivity (Wildman–Crippen MR) is 73.0 cm³/mol. The van der Waals surface area contributed by atoms with Crippen LogP contribution >= 0.6 is 0 Å².